The Balaban J connectivity index is 1.70. The zero-order valence-electron chi connectivity index (χ0n) is 20.3. The molecule has 0 unspecified atom stereocenters. The van der Waals surface area contributed by atoms with E-state index < -0.39 is 35.0 Å². The third-order valence-electron chi connectivity index (χ3n) is 5.80. The van der Waals surface area contributed by atoms with Crippen LogP contribution in [0.25, 0.3) is 5.69 Å². The van der Waals surface area contributed by atoms with Gasteiger partial charge in [-0.2, -0.15) is 4.68 Å². The van der Waals surface area contributed by atoms with Crippen LogP contribution in [0.2, 0.25) is 0 Å². The molecule has 1 aromatic heterocycles. The molecule has 0 fully saturated rings. The lowest BCUT2D eigenvalue weighted by Gasteiger charge is -2.24. The molecule has 0 saturated carbocycles. The first kappa shape index (κ1) is 26.2. The van der Waals surface area contributed by atoms with Crippen molar-refractivity contribution < 1.29 is 28.2 Å². The average molecular weight is 523 g/mol. The number of benzene rings is 3. The first-order valence-corrected chi connectivity index (χ1v) is 11.6. The van der Waals surface area contributed by atoms with Crippen molar-refractivity contribution in [1.82, 2.24) is 19.8 Å². The molecule has 0 saturated heterocycles. The van der Waals surface area contributed by atoms with E-state index in [1.807, 2.05) is 30.3 Å². The molecule has 10 nitrogen and oxygen atoms in total. The SMILES string of the molecule is COc1ccc(C(=O)O)cc1N(CCCCc1ccccc1)C(=O)n1nnn(-c2c(F)cccc2F)c1=O. The van der Waals surface area contributed by atoms with Crippen LogP contribution >= 0.6 is 0 Å². The molecule has 0 aliphatic heterocycles. The number of ether oxygens (including phenoxy) is 1. The molecular weight excluding hydrogens is 500 g/mol. The van der Waals surface area contributed by atoms with Crippen molar-refractivity contribution in [2.75, 3.05) is 18.6 Å². The van der Waals surface area contributed by atoms with Gasteiger partial charge in [-0.1, -0.05) is 36.4 Å². The summed E-state index contributed by atoms with van der Waals surface area (Å²) in [6.45, 7) is 0.0540. The van der Waals surface area contributed by atoms with Crippen molar-refractivity contribution in [2.24, 2.45) is 0 Å². The Labute approximate surface area is 215 Å². The number of halogens is 2. The lowest BCUT2D eigenvalue weighted by atomic mass is 10.1. The van der Waals surface area contributed by atoms with Gasteiger partial charge in [0, 0.05) is 6.54 Å². The lowest BCUT2D eigenvalue weighted by Crippen LogP contribution is -2.42. The molecule has 38 heavy (non-hydrogen) atoms. The molecule has 12 heteroatoms. The van der Waals surface area contributed by atoms with Gasteiger partial charge in [-0.3, -0.25) is 4.90 Å². The number of carbonyl (C=O) groups excluding carboxylic acids is 1. The van der Waals surface area contributed by atoms with Crippen molar-refractivity contribution >= 4 is 17.7 Å². The van der Waals surface area contributed by atoms with Gasteiger partial charge in [0.05, 0.1) is 18.4 Å². The number of tetrazole rings is 1. The Bertz CT molecular complexity index is 1500. The van der Waals surface area contributed by atoms with Crippen molar-refractivity contribution in [3.8, 4) is 11.4 Å². The summed E-state index contributed by atoms with van der Waals surface area (Å²) in [7, 11) is 1.35. The van der Waals surface area contributed by atoms with Gasteiger partial charge in [0.15, 0.2) is 11.6 Å². The summed E-state index contributed by atoms with van der Waals surface area (Å²) in [5, 5.41) is 16.5. The van der Waals surface area contributed by atoms with Crippen LogP contribution in [-0.2, 0) is 6.42 Å². The quantitative estimate of drug-likeness (QED) is 0.261. The number of aryl methyl sites for hydroxylation is 1. The molecule has 3 aromatic carbocycles. The maximum atomic E-state index is 14.3. The molecule has 0 radical (unpaired) electrons. The van der Waals surface area contributed by atoms with Gasteiger partial charge in [0.25, 0.3) is 0 Å². The number of unbranched alkanes of at least 4 members (excludes halogenated alkanes) is 1. The first-order chi connectivity index (χ1) is 18.3. The number of aromatic carboxylic acids is 1. The summed E-state index contributed by atoms with van der Waals surface area (Å²) in [5.41, 5.74) is -0.928. The number of rotatable bonds is 9. The van der Waals surface area contributed by atoms with Crippen LogP contribution in [0, 0.1) is 11.6 Å². The first-order valence-electron chi connectivity index (χ1n) is 11.6. The highest BCUT2D eigenvalue weighted by molar-refractivity contribution is 5.97. The lowest BCUT2D eigenvalue weighted by molar-refractivity contribution is 0.0696. The minimum atomic E-state index is -1.23. The third-order valence-corrected chi connectivity index (χ3v) is 5.80. The third kappa shape index (κ3) is 5.43. The highest BCUT2D eigenvalue weighted by Crippen LogP contribution is 2.30. The second-order valence-electron chi connectivity index (χ2n) is 8.22. The van der Waals surface area contributed by atoms with Crippen molar-refractivity contribution in [3.05, 3.63) is 100.0 Å². The Morgan fingerprint density at radius 2 is 1.68 bits per heavy atom. The topological polar surface area (TPSA) is 120 Å². The van der Waals surface area contributed by atoms with E-state index in [0.29, 0.717) is 22.2 Å². The van der Waals surface area contributed by atoms with Crippen molar-refractivity contribution in [2.45, 2.75) is 19.3 Å². The number of carboxylic acids is 1. The molecule has 196 valence electrons. The van der Waals surface area contributed by atoms with Crippen molar-refractivity contribution in [3.63, 3.8) is 0 Å². The number of hydrogen-bond donors (Lipinski definition) is 1. The van der Waals surface area contributed by atoms with E-state index in [1.165, 1.54) is 25.3 Å². The molecule has 1 amide bonds. The van der Waals surface area contributed by atoms with Crippen LogP contribution in [-0.4, -0.2) is 50.6 Å². The summed E-state index contributed by atoms with van der Waals surface area (Å²) in [5.74, 6) is -3.20. The summed E-state index contributed by atoms with van der Waals surface area (Å²) in [4.78, 5) is 39.3. The Hall–Kier alpha value is -4.87. The number of aromatic nitrogens is 4. The zero-order chi connectivity index (χ0) is 27.2. The van der Waals surface area contributed by atoms with E-state index in [-0.39, 0.29) is 23.5 Å². The fraction of sp³-hybridized carbons (Fsp3) is 0.192. The minimum absolute atomic E-state index is 0.0540. The molecule has 0 bridgehead atoms. The molecule has 1 N–H and O–H groups in total. The maximum Gasteiger partial charge on any atom is 0.377 e. The smallest absolute Gasteiger partial charge is 0.377 e. The molecule has 4 rings (SSSR count). The van der Waals surface area contributed by atoms with E-state index in [9.17, 15) is 28.3 Å². The van der Waals surface area contributed by atoms with Crippen LogP contribution in [0.4, 0.5) is 19.3 Å². The van der Waals surface area contributed by atoms with Gasteiger partial charge in [0.2, 0.25) is 0 Å². The van der Waals surface area contributed by atoms with Crippen LogP contribution in [0.3, 0.4) is 0 Å². The average Bonchev–Trinajstić information content (AvgIpc) is 3.29. The zero-order valence-corrected chi connectivity index (χ0v) is 20.3. The predicted octanol–water partition coefficient (Wildman–Crippen LogP) is 3.91. The Kier molecular flexibility index (Phi) is 7.90. The number of amides is 1. The number of carbonyl (C=O) groups is 2. The number of hydrogen-bond acceptors (Lipinski definition) is 6. The summed E-state index contributed by atoms with van der Waals surface area (Å²) in [6.07, 6.45) is 1.85. The fourth-order valence-corrected chi connectivity index (χ4v) is 3.91. The van der Waals surface area contributed by atoms with Crippen LogP contribution in [0.1, 0.15) is 28.8 Å². The van der Waals surface area contributed by atoms with E-state index in [2.05, 4.69) is 10.4 Å². The summed E-state index contributed by atoms with van der Waals surface area (Å²) in [6, 6.07) is 15.6. The minimum Gasteiger partial charge on any atom is -0.495 e. The number of methoxy groups -OCH3 is 1. The molecule has 0 aliphatic carbocycles. The molecular formula is C26H23F2N5O5. The number of carboxylic acid groups (broad SMARTS) is 1. The number of nitrogens with zero attached hydrogens (tertiary/aromatic N) is 5. The molecule has 1 heterocycles. The second kappa shape index (κ2) is 11.5. The maximum absolute atomic E-state index is 14.3. The molecule has 0 spiro atoms. The molecule has 0 atom stereocenters. The normalized spacial score (nSPS) is 10.8. The Morgan fingerprint density at radius 3 is 2.34 bits per heavy atom. The largest absolute Gasteiger partial charge is 0.495 e. The summed E-state index contributed by atoms with van der Waals surface area (Å²) < 4.78 is 34.6. The van der Waals surface area contributed by atoms with Crippen LogP contribution in [0.15, 0.2) is 71.5 Å². The number of para-hydroxylation sites is 1. The summed E-state index contributed by atoms with van der Waals surface area (Å²) >= 11 is 0. The highest BCUT2D eigenvalue weighted by Gasteiger charge is 2.27. The standard InChI is InChI=1S/C26H23F2N5O5/c1-38-22-14-13-18(24(34)35)16-21(22)31(15-6-5-10-17-8-3-2-4-9-17)25(36)33-26(37)32(29-30-33)23-19(27)11-7-12-20(23)28/h2-4,7-9,11-14,16H,5-6,10,15H2,1H3,(H,34,35). The van der Waals surface area contributed by atoms with Crippen LogP contribution in [0.5, 0.6) is 5.75 Å². The van der Waals surface area contributed by atoms with Gasteiger partial charge < -0.3 is 9.84 Å². The van der Waals surface area contributed by atoms with Gasteiger partial charge in [-0.25, -0.2) is 23.2 Å². The van der Waals surface area contributed by atoms with E-state index >= 15 is 0 Å². The molecule has 0 aliphatic rings. The highest BCUT2D eigenvalue weighted by atomic mass is 19.1. The van der Waals surface area contributed by atoms with Gasteiger partial charge >= 0.3 is 17.7 Å². The van der Waals surface area contributed by atoms with E-state index in [4.69, 9.17) is 4.74 Å². The fourth-order valence-electron chi connectivity index (χ4n) is 3.91. The van der Waals surface area contributed by atoms with Gasteiger partial charge in [-0.05, 0) is 65.6 Å². The van der Waals surface area contributed by atoms with Gasteiger partial charge in [-0.15, -0.1) is 4.68 Å². The van der Waals surface area contributed by atoms with E-state index in [1.54, 1.807) is 0 Å². The predicted molar refractivity (Wildman–Crippen MR) is 133 cm³/mol. The van der Waals surface area contributed by atoms with Crippen molar-refractivity contribution in [1.29, 1.82) is 0 Å². The molecule has 4 aromatic rings. The number of anilines is 1. The van der Waals surface area contributed by atoms with Crippen LogP contribution < -0.4 is 15.3 Å². The second-order valence-corrected chi connectivity index (χ2v) is 8.22. The monoisotopic (exact) mass is 523 g/mol. The van der Waals surface area contributed by atoms with E-state index in [0.717, 1.165) is 35.1 Å². The Morgan fingerprint density at radius 1 is 0.974 bits per heavy atom. The van der Waals surface area contributed by atoms with Gasteiger partial charge in [0.1, 0.15) is 11.4 Å².